The summed E-state index contributed by atoms with van der Waals surface area (Å²) in [5.74, 6) is 0.374. The first kappa shape index (κ1) is 20.4. The zero-order valence-electron chi connectivity index (χ0n) is 16.2. The summed E-state index contributed by atoms with van der Waals surface area (Å²) in [5.41, 5.74) is 2.07. The maximum absolute atomic E-state index is 12.1. The summed E-state index contributed by atoms with van der Waals surface area (Å²) in [7, 11) is 0. The van der Waals surface area contributed by atoms with E-state index in [1.165, 1.54) is 12.5 Å². The molecule has 6 nitrogen and oxygen atoms in total. The number of nitrogens with zero attached hydrogens (tertiary/aromatic N) is 2. The molecule has 1 N–H and O–H groups in total. The Morgan fingerprint density at radius 2 is 1.85 bits per heavy atom. The van der Waals surface area contributed by atoms with Crippen molar-refractivity contribution in [2.24, 2.45) is 0 Å². The summed E-state index contributed by atoms with van der Waals surface area (Å²) < 4.78 is 5.31. The van der Waals surface area contributed by atoms with Gasteiger partial charge in [-0.15, -0.1) is 0 Å². The van der Waals surface area contributed by atoms with Crippen LogP contribution in [0.15, 0.2) is 24.3 Å². The summed E-state index contributed by atoms with van der Waals surface area (Å²) in [4.78, 5) is 28.0. The molecule has 0 spiro atoms. The number of carbonyl (C=O) groups excluding carboxylic acids is 2. The number of carbonyl (C=O) groups is 2. The van der Waals surface area contributed by atoms with Crippen LogP contribution in [0.2, 0.25) is 0 Å². The minimum absolute atomic E-state index is 0.0247. The van der Waals surface area contributed by atoms with Crippen LogP contribution in [0.5, 0.6) is 0 Å². The van der Waals surface area contributed by atoms with Gasteiger partial charge < -0.3 is 15.0 Å². The van der Waals surface area contributed by atoms with E-state index >= 15 is 0 Å². The lowest BCUT2D eigenvalue weighted by molar-refractivity contribution is -0.121. The van der Waals surface area contributed by atoms with Gasteiger partial charge in [0.05, 0.1) is 13.2 Å². The van der Waals surface area contributed by atoms with Crippen LogP contribution in [0.25, 0.3) is 0 Å². The van der Waals surface area contributed by atoms with Crippen molar-refractivity contribution < 1.29 is 14.3 Å². The van der Waals surface area contributed by atoms with Crippen LogP contribution in [0.1, 0.15) is 38.7 Å². The number of benzene rings is 1. The Labute approximate surface area is 156 Å². The van der Waals surface area contributed by atoms with Gasteiger partial charge in [-0.25, -0.2) is 0 Å². The van der Waals surface area contributed by atoms with E-state index in [0.717, 1.165) is 38.5 Å². The molecule has 1 aromatic rings. The van der Waals surface area contributed by atoms with Gasteiger partial charge in [-0.3, -0.25) is 14.5 Å². The Morgan fingerprint density at radius 3 is 2.42 bits per heavy atom. The fraction of sp³-hybridized carbons (Fsp3) is 0.600. The molecule has 1 aliphatic rings. The van der Waals surface area contributed by atoms with Crippen LogP contribution in [0, 0.1) is 0 Å². The predicted octanol–water partition coefficient (Wildman–Crippen LogP) is 2.00. The van der Waals surface area contributed by atoms with E-state index in [0.29, 0.717) is 25.4 Å². The average Bonchev–Trinajstić information content (AvgIpc) is 2.63. The minimum Gasteiger partial charge on any atom is -0.379 e. The third-order valence-corrected chi connectivity index (χ3v) is 4.67. The maximum atomic E-state index is 12.1. The van der Waals surface area contributed by atoms with Gasteiger partial charge in [0.15, 0.2) is 0 Å². The fourth-order valence-corrected chi connectivity index (χ4v) is 2.99. The molecule has 6 heteroatoms. The van der Waals surface area contributed by atoms with E-state index in [4.69, 9.17) is 4.74 Å². The van der Waals surface area contributed by atoms with Gasteiger partial charge in [0.25, 0.3) is 0 Å². The Balaban J connectivity index is 1.78. The highest BCUT2D eigenvalue weighted by atomic mass is 16.5. The van der Waals surface area contributed by atoms with E-state index in [1.807, 2.05) is 24.3 Å². The third kappa shape index (κ3) is 6.42. The molecular formula is C20H31N3O3. The van der Waals surface area contributed by atoms with Gasteiger partial charge >= 0.3 is 0 Å². The van der Waals surface area contributed by atoms with Crippen LogP contribution in [0.3, 0.4) is 0 Å². The smallest absolute Gasteiger partial charge is 0.223 e. The maximum Gasteiger partial charge on any atom is 0.223 e. The van der Waals surface area contributed by atoms with Crippen LogP contribution in [0.4, 0.5) is 5.69 Å². The first-order valence-electron chi connectivity index (χ1n) is 9.42. The quantitative estimate of drug-likeness (QED) is 0.769. The highest BCUT2D eigenvalue weighted by Gasteiger charge is 2.14. The lowest BCUT2D eigenvalue weighted by Crippen LogP contribution is -2.42. The molecule has 0 radical (unpaired) electrons. The number of rotatable bonds is 8. The van der Waals surface area contributed by atoms with Gasteiger partial charge in [0.2, 0.25) is 11.8 Å². The number of ether oxygens (including phenoxy) is 1. The molecule has 2 amide bonds. The van der Waals surface area contributed by atoms with Crippen LogP contribution < -0.4 is 10.2 Å². The highest BCUT2D eigenvalue weighted by molar-refractivity contribution is 5.92. The van der Waals surface area contributed by atoms with Crippen molar-refractivity contribution in [3.63, 3.8) is 0 Å². The van der Waals surface area contributed by atoms with Crippen molar-refractivity contribution in [3.8, 4) is 0 Å². The van der Waals surface area contributed by atoms with Crippen molar-refractivity contribution >= 4 is 17.5 Å². The Kier molecular flexibility index (Phi) is 8.06. The molecule has 0 aromatic heterocycles. The molecule has 2 rings (SSSR count). The Morgan fingerprint density at radius 1 is 1.19 bits per heavy atom. The minimum atomic E-state index is -0.0524. The summed E-state index contributed by atoms with van der Waals surface area (Å²) in [6, 6.07) is 7.98. The Bertz CT molecular complexity index is 580. The van der Waals surface area contributed by atoms with Gasteiger partial charge in [-0.1, -0.05) is 26.0 Å². The number of morpholine rings is 1. The molecular weight excluding hydrogens is 330 g/mol. The lowest BCUT2D eigenvalue weighted by Gasteiger charge is -2.26. The normalized spacial score (nSPS) is 15.1. The van der Waals surface area contributed by atoms with E-state index in [1.54, 1.807) is 4.90 Å². The number of hydrogen-bond acceptors (Lipinski definition) is 4. The number of anilines is 1. The van der Waals surface area contributed by atoms with Gasteiger partial charge in [0, 0.05) is 51.8 Å². The van der Waals surface area contributed by atoms with Crippen molar-refractivity contribution in [1.82, 2.24) is 10.2 Å². The number of nitrogens with one attached hydrogen (secondary N) is 1. The van der Waals surface area contributed by atoms with Gasteiger partial charge in [-0.2, -0.15) is 0 Å². The molecule has 1 aromatic carbocycles. The largest absolute Gasteiger partial charge is 0.379 e. The number of hydrogen-bond donors (Lipinski definition) is 1. The molecule has 1 saturated heterocycles. The molecule has 0 bridgehead atoms. The molecule has 1 aliphatic heterocycles. The summed E-state index contributed by atoms with van der Waals surface area (Å²) in [5, 5.41) is 2.94. The van der Waals surface area contributed by atoms with Crippen molar-refractivity contribution in [1.29, 1.82) is 0 Å². The van der Waals surface area contributed by atoms with Crippen molar-refractivity contribution in [2.45, 2.75) is 33.1 Å². The molecule has 0 atom stereocenters. The number of amides is 2. The van der Waals surface area contributed by atoms with Gasteiger partial charge in [0.1, 0.15) is 0 Å². The second-order valence-electron chi connectivity index (χ2n) is 6.97. The second kappa shape index (κ2) is 10.3. The lowest BCUT2D eigenvalue weighted by atomic mass is 10.0. The Hall–Kier alpha value is -1.92. The van der Waals surface area contributed by atoms with E-state index in [9.17, 15) is 9.59 Å². The SMILES string of the molecule is CC(=O)N(CCC(=O)NCCN1CCOCC1)c1ccc(C(C)C)cc1. The monoisotopic (exact) mass is 361 g/mol. The molecule has 1 fully saturated rings. The molecule has 0 saturated carbocycles. The molecule has 0 aliphatic carbocycles. The summed E-state index contributed by atoms with van der Waals surface area (Å²) >= 11 is 0. The molecule has 1 heterocycles. The third-order valence-electron chi connectivity index (χ3n) is 4.67. The van der Waals surface area contributed by atoms with Crippen molar-refractivity contribution in [3.05, 3.63) is 29.8 Å². The average molecular weight is 361 g/mol. The first-order chi connectivity index (χ1) is 12.5. The van der Waals surface area contributed by atoms with E-state index < -0.39 is 0 Å². The van der Waals surface area contributed by atoms with E-state index in [-0.39, 0.29) is 11.8 Å². The van der Waals surface area contributed by atoms with E-state index in [2.05, 4.69) is 24.1 Å². The molecule has 26 heavy (non-hydrogen) atoms. The van der Waals surface area contributed by atoms with Crippen LogP contribution >= 0.6 is 0 Å². The van der Waals surface area contributed by atoms with Crippen molar-refractivity contribution in [2.75, 3.05) is 50.8 Å². The topological polar surface area (TPSA) is 61.9 Å². The second-order valence-corrected chi connectivity index (χ2v) is 6.97. The highest BCUT2D eigenvalue weighted by Crippen LogP contribution is 2.20. The first-order valence-corrected chi connectivity index (χ1v) is 9.42. The predicted molar refractivity (Wildman–Crippen MR) is 103 cm³/mol. The van der Waals surface area contributed by atoms with Crippen LogP contribution in [-0.2, 0) is 14.3 Å². The summed E-state index contributed by atoms with van der Waals surface area (Å²) in [6.45, 7) is 11.0. The molecule has 0 unspecified atom stereocenters. The fourth-order valence-electron chi connectivity index (χ4n) is 2.99. The molecule has 144 valence electrons. The zero-order chi connectivity index (χ0) is 18.9. The summed E-state index contributed by atoms with van der Waals surface area (Å²) in [6.07, 6.45) is 0.300. The van der Waals surface area contributed by atoms with Crippen LogP contribution in [-0.4, -0.2) is 62.7 Å². The van der Waals surface area contributed by atoms with Gasteiger partial charge in [-0.05, 0) is 23.6 Å². The standard InChI is InChI=1S/C20H31N3O3/c1-16(2)18-4-6-19(7-5-18)23(17(3)24)10-8-20(25)21-9-11-22-12-14-26-15-13-22/h4-7,16H,8-15H2,1-3H3,(H,21,25). The zero-order valence-corrected chi connectivity index (χ0v) is 16.2.